The summed E-state index contributed by atoms with van der Waals surface area (Å²) in [4.78, 5) is 12.3. The number of H-pyrrole nitrogens is 1. The van der Waals surface area contributed by atoms with Gasteiger partial charge in [-0.05, 0) is 19.9 Å². The number of rotatable bonds is 3. The summed E-state index contributed by atoms with van der Waals surface area (Å²) in [6.07, 6.45) is 1.53. The lowest BCUT2D eigenvalue weighted by atomic mass is 10.0. The SMILES string of the molecule is Cc1cc(-c2ccc3c(c2)OC[C@H]3NC(=O)c2cn[nH]c2C)no1. The zero-order valence-corrected chi connectivity index (χ0v) is 13.3. The van der Waals surface area contributed by atoms with Gasteiger partial charge in [0.1, 0.15) is 23.8 Å². The normalized spacial score (nSPS) is 15.8. The van der Waals surface area contributed by atoms with Crippen LogP contribution < -0.4 is 10.1 Å². The summed E-state index contributed by atoms with van der Waals surface area (Å²) < 4.78 is 10.8. The van der Waals surface area contributed by atoms with Gasteiger partial charge < -0.3 is 14.6 Å². The molecule has 1 amide bonds. The summed E-state index contributed by atoms with van der Waals surface area (Å²) >= 11 is 0. The molecular weight excluding hydrogens is 308 g/mol. The number of amides is 1. The predicted octanol–water partition coefficient (Wildman–Crippen LogP) is 2.55. The van der Waals surface area contributed by atoms with Crippen LogP contribution in [0.1, 0.15) is 33.4 Å². The Morgan fingerprint density at radius 2 is 2.21 bits per heavy atom. The van der Waals surface area contributed by atoms with Gasteiger partial charge in [0.2, 0.25) is 0 Å². The number of nitrogens with one attached hydrogen (secondary N) is 2. The fraction of sp³-hybridized carbons (Fsp3) is 0.235. The van der Waals surface area contributed by atoms with Crippen LogP contribution in [0.3, 0.4) is 0 Å². The minimum atomic E-state index is -0.185. The summed E-state index contributed by atoms with van der Waals surface area (Å²) in [5.41, 5.74) is 3.92. The van der Waals surface area contributed by atoms with Gasteiger partial charge in [0, 0.05) is 22.9 Å². The number of ether oxygens (including phenoxy) is 1. The fourth-order valence-corrected chi connectivity index (χ4v) is 2.81. The zero-order chi connectivity index (χ0) is 16.7. The van der Waals surface area contributed by atoms with Crippen molar-refractivity contribution in [2.75, 3.05) is 6.61 Å². The molecule has 1 aliphatic rings. The summed E-state index contributed by atoms with van der Waals surface area (Å²) in [6, 6.07) is 7.51. The summed E-state index contributed by atoms with van der Waals surface area (Å²) in [5.74, 6) is 1.34. The molecule has 0 saturated heterocycles. The number of hydrogen-bond acceptors (Lipinski definition) is 5. The summed E-state index contributed by atoms with van der Waals surface area (Å²) in [6.45, 7) is 4.07. The Hall–Kier alpha value is -3.09. The highest BCUT2D eigenvalue weighted by Gasteiger charge is 2.27. The average molecular weight is 324 g/mol. The second kappa shape index (κ2) is 5.52. The molecule has 0 aliphatic carbocycles. The first-order valence-corrected chi connectivity index (χ1v) is 7.63. The van der Waals surface area contributed by atoms with Crippen LogP contribution in [0.4, 0.5) is 0 Å². The van der Waals surface area contributed by atoms with Crippen LogP contribution in [0, 0.1) is 13.8 Å². The second-order valence-electron chi connectivity index (χ2n) is 5.82. The van der Waals surface area contributed by atoms with Gasteiger partial charge in [0.25, 0.3) is 5.91 Å². The van der Waals surface area contributed by atoms with Gasteiger partial charge in [-0.15, -0.1) is 0 Å². The number of fused-ring (bicyclic) bond motifs is 1. The Kier molecular flexibility index (Phi) is 3.34. The molecular formula is C17H16N4O3. The first-order valence-electron chi connectivity index (χ1n) is 7.63. The standard InChI is InChI=1S/C17H16N4O3/c1-9-5-14(21-24-9)11-3-4-12-15(8-23-16(12)6-11)19-17(22)13-7-18-20-10(13)2/h3-7,15H,8H2,1-2H3,(H,18,20)(H,19,22)/t15-/m1/s1. The second-order valence-corrected chi connectivity index (χ2v) is 5.82. The van der Waals surface area contributed by atoms with Crippen LogP contribution >= 0.6 is 0 Å². The molecule has 3 aromatic rings. The van der Waals surface area contributed by atoms with Gasteiger partial charge in [-0.2, -0.15) is 5.10 Å². The molecule has 0 saturated carbocycles. The molecule has 2 aromatic heterocycles. The minimum absolute atomic E-state index is 0.168. The van der Waals surface area contributed by atoms with Crippen molar-refractivity contribution in [1.82, 2.24) is 20.7 Å². The maximum absolute atomic E-state index is 12.3. The van der Waals surface area contributed by atoms with E-state index in [1.807, 2.05) is 38.1 Å². The van der Waals surface area contributed by atoms with Crippen molar-refractivity contribution in [3.05, 3.63) is 53.0 Å². The topological polar surface area (TPSA) is 93.0 Å². The van der Waals surface area contributed by atoms with Crippen LogP contribution in [-0.4, -0.2) is 27.9 Å². The van der Waals surface area contributed by atoms with E-state index in [4.69, 9.17) is 9.26 Å². The smallest absolute Gasteiger partial charge is 0.255 e. The van der Waals surface area contributed by atoms with Crippen molar-refractivity contribution in [2.24, 2.45) is 0 Å². The third-order valence-electron chi connectivity index (χ3n) is 4.10. The molecule has 1 atom stereocenters. The molecule has 0 spiro atoms. The molecule has 1 aliphatic heterocycles. The minimum Gasteiger partial charge on any atom is -0.491 e. The third kappa shape index (κ3) is 2.44. The number of aryl methyl sites for hydroxylation is 2. The molecule has 2 N–H and O–H groups in total. The number of carbonyl (C=O) groups excluding carboxylic acids is 1. The van der Waals surface area contributed by atoms with Crippen molar-refractivity contribution >= 4 is 5.91 Å². The van der Waals surface area contributed by atoms with Crippen LogP contribution in [0.5, 0.6) is 5.75 Å². The van der Waals surface area contributed by atoms with Crippen molar-refractivity contribution in [3.8, 4) is 17.0 Å². The highest BCUT2D eigenvalue weighted by molar-refractivity contribution is 5.95. The Morgan fingerprint density at radius 1 is 1.33 bits per heavy atom. The van der Waals surface area contributed by atoms with E-state index in [2.05, 4.69) is 20.7 Å². The number of carbonyl (C=O) groups is 1. The summed E-state index contributed by atoms with van der Waals surface area (Å²) in [5, 5.41) is 13.6. The fourth-order valence-electron chi connectivity index (χ4n) is 2.81. The van der Waals surface area contributed by atoms with Gasteiger partial charge in [0.05, 0.1) is 17.8 Å². The first-order chi connectivity index (χ1) is 11.6. The molecule has 0 bridgehead atoms. The number of aromatic nitrogens is 3. The molecule has 0 radical (unpaired) electrons. The van der Waals surface area contributed by atoms with E-state index in [0.29, 0.717) is 12.2 Å². The van der Waals surface area contributed by atoms with Crippen molar-refractivity contribution in [1.29, 1.82) is 0 Å². The van der Waals surface area contributed by atoms with Gasteiger partial charge >= 0.3 is 0 Å². The quantitative estimate of drug-likeness (QED) is 0.772. The van der Waals surface area contributed by atoms with E-state index < -0.39 is 0 Å². The van der Waals surface area contributed by atoms with Crippen LogP contribution in [-0.2, 0) is 0 Å². The summed E-state index contributed by atoms with van der Waals surface area (Å²) in [7, 11) is 0. The van der Waals surface area contributed by atoms with E-state index in [0.717, 1.165) is 34.0 Å². The zero-order valence-electron chi connectivity index (χ0n) is 13.3. The lowest BCUT2D eigenvalue weighted by Crippen LogP contribution is -2.29. The Balaban J connectivity index is 1.56. The number of hydrogen-bond donors (Lipinski definition) is 2. The predicted molar refractivity (Wildman–Crippen MR) is 85.7 cm³/mol. The van der Waals surface area contributed by atoms with Crippen molar-refractivity contribution in [3.63, 3.8) is 0 Å². The Bertz CT molecular complexity index is 912. The molecule has 4 rings (SSSR count). The molecule has 122 valence electrons. The maximum Gasteiger partial charge on any atom is 0.255 e. The average Bonchev–Trinajstić information content (AvgIpc) is 3.27. The van der Waals surface area contributed by atoms with Crippen molar-refractivity contribution < 1.29 is 14.1 Å². The lowest BCUT2D eigenvalue weighted by Gasteiger charge is -2.11. The molecule has 7 heteroatoms. The van der Waals surface area contributed by atoms with Gasteiger partial charge in [0.15, 0.2) is 0 Å². The molecule has 0 unspecified atom stereocenters. The number of aromatic amines is 1. The largest absolute Gasteiger partial charge is 0.491 e. The Labute approximate surface area is 138 Å². The van der Waals surface area contributed by atoms with E-state index in [1.54, 1.807) is 0 Å². The van der Waals surface area contributed by atoms with Gasteiger partial charge in [-0.25, -0.2) is 0 Å². The van der Waals surface area contributed by atoms with E-state index in [9.17, 15) is 4.79 Å². The monoisotopic (exact) mass is 324 g/mol. The highest BCUT2D eigenvalue weighted by atomic mass is 16.5. The van der Waals surface area contributed by atoms with Crippen LogP contribution in [0.25, 0.3) is 11.3 Å². The van der Waals surface area contributed by atoms with Crippen LogP contribution in [0.15, 0.2) is 35.0 Å². The molecule has 7 nitrogen and oxygen atoms in total. The van der Waals surface area contributed by atoms with Crippen LogP contribution in [0.2, 0.25) is 0 Å². The van der Waals surface area contributed by atoms with Crippen molar-refractivity contribution in [2.45, 2.75) is 19.9 Å². The van der Waals surface area contributed by atoms with Gasteiger partial charge in [-0.1, -0.05) is 17.3 Å². The first kappa shape index (κ1) is 14.5. The number of nitrogens with zero attached hydrogens (tertiary/aromatic N) is 2. The number of benzene rings is 1. The maximum atomic E-state index is 12.3. The molecule has 0 fully saturated rings. The van der Waals surface area contributed by atoms with E-state index in [-0.39, 0.29) is 11.9 Å². The van der Waals surface area contributed by atoms with E-state index in [1.165, 1.54) is 6.20 Å². The van der Waals surface area contributed by atoms with E-state index >= 15 is 0 Å². The molecule has 3 heterocycles. The Morgan fingerprint density at radius 3 is 2.92 bits per heavy atom. The molecule has 1 aromatic carbocycles. The molecule has 24 heavy (non-hydrogen) atoms. The highest BCUT2D eigenvalue weighted by Crippen LogP contribution is 2.36. The lowest BCUT2D eigenvalue weighted by molar-refractivity contribution is 0.0930. The third-order valence-corrected chi connectivity index (χ3v) is 4.10. The van der Waals surface area contributed by atoms with Gasteiger partial charge in [-0.3, -0.25) is 9.89 Å².